The van der Waals surface area contributed by atoms with E-state index in [1.165, 1.54) is 0 Å². The van der Waals surface area contributed by atoms with Crippen LogP contribution in [0.5, 0.6) is 0 Å². The average Bonchev–Trinajstić information content (AvgIpc) is 2.83. The molecule has 0 bridgehead atoms. The molecule has 1 amide bonds. The molecule has 1 aromatic rings. The lowest BCUT2D eigenvalue weighted by Gasteiger charge is -2.33. The van der Waals surface area contributed by atoms with Gasteiger partial charge in [-0.3, -0.25) is 9.51 Å². The predicted octanol–water partition coefficient (Wildman–Crippen LogP) is 1.53. The highest BCUT2D eigenvalue weighted by Gasteiger charge is 2.27. The Kier molecular flexibility index (Phi) is 5.23. The number of piperidine rings is 1. The van der Waals surface area contributed by atoms with Gasteiger partial charge in [0.15, 0.2) is 5.82 Å². The standard InChI is InChI=1S/C14H23N3O5/c1-14(2,3)21-13(19)17-6-4-5-10(7-17)8-20-9-11-15-12(18)22-16-11/h10H,4-9H2,1-3H3,(H,15,16,18)/t10-/m0/s1. The highest BCUT2D eigenvalue weighted by Crippen LogP contribution is 2.19. The summed E-state index contributed by atoms with van der Waals surface area (Å²) in [5, 5.41) is 3.53. The predicted molar refractivity (Wildman–Crippen MR) is 77.3 cm³/mol. The van der Waals surface area contributed by atoms with Gasteiger partial charge in [-0.25, -0.2) is 9.59 Å². The summed E-state index contributed by atoms with van der Waals surface area (Å²) in [5.41, 5.74) is -0.487. The molecule has 0 aromatic carbocycles. The highest BCUT2D eigenvalue weighted by atomic mass is 16.6. The second-order valence-electron chi connectivity index (χ2n) is 6.49. The van der Waals surface area contributed by atoms with Gasteiger partial charge in [-0.2, -0.15) is 0 Å². The van der Waals surface area contributed by atoms with Crippen LogP contribution in [0.3, 0.4) is 0 Å². The van der Waals surface area contributed by atoms with Crippen LogP contribution in [0.15, 0.2) is 9.32 Å². The van der Waals surface area contributed by atoms with Crippen molar-refractivity contribution in [1.29, 1.82) is 0 Å². The molecule has 0 aliphatic carbocycles. The lowest BCUT2D eigenvalue weighted by Crippen LogP contribution is -2.43. The van der Waals surface area contributed by atoms with Crippen molar-refractivity contribution in [2.45, 2.75) is 45.8 Å². The number of nitrogens with zero attached hydrogens (tertiary/aromatic N) is 2. The van der Waals surface area contributed by atoms with E-state index in [0.29, 0.717) is 25.5 Å². The molecule has 2 heterocycles. The van der Waals surface area contributed by atoms with Crippen molar-refractivity contribution in [1.82, 2.24) is 15.0 Å². The van der Waals surface area contributed by atoms with Gasteiger partial charge in [0.1, 0.15) is 12.2 Å². The third kappa shape index (κ3) is 5.18. The number of hydrogen-bond acceptors (Lipinski definition) is 6. The summed E-state index contributed by atoms with van der Waals surface area (Å²) in [5.74, 6) is 0.0251. The number of H-pyrrole nitrogens is 1. The van der Waals surface area contributed by atoms with Crippen LogP contribution in [0, 0.1) is 5.92 Å². The van der Waals surface area contributed by atoms with Crippen LogP contribution in [0.25, 0.3) is 0 Å². The molecule has 1 N–H and O–H groups in total. The monoisotopic (exact) mass is 313 g/mol. The number of aromatic amines is 1. The largest absolute Gasteiger partial charge is 0.444 e. The van der Waals surface area contributed by atoms with Gasteiger partial charge in [-0.05, 0) is 33.6 Å². The minimum Gasteiger partial charge on any atom is -0.444 e. The molecule has 1 aliphatic rings. The van der Waals surface area contributed by atoms with E-state index in [1.807, 2.05) is 20.8 Å². The van der Waals surface area contributed by atoms with Gasteiger partial charge in [0.2, 0.25) is 0 Å². The van der Waals surface area contributed by atoms with Crippen molar-refractivity contribution >= 4 is 6.09 Å². The van der Waals surface area contributed by atoms with E-state index >= 15 is 0 Å². The fourth-order valence-electron chi connectivity index (χ4n) is 2.34. The number of hydrogen-bond donors (Lipinski definition) is 1. The molecule has 1 saturated heterocycles. The van der Waals surface area contributed by atoms with E-state index in [4.69, 9.17) is 9.47 Å². The van der Waals surface area contributed by atoms with E-state index in [1.54, 1.807) is 4.90 Å². The number of rotatable bonds is 4. The topological polar surface area (TPSA) is 97.7 Å². The summed E-state index contributed by atoms with van der Waals surface area (Å²) >= 11 is 0. The van der Waals surface area contributed by atoms with E-state index in [0.717, 1.165) is 12.8 Å². The number of amides is 1. The fourth-order valence-corrected chi connectivity index (χ4v) is 2.34. The van der Waals surface area contributed by atoms with Gasteiger partial charge < -0.3 is 14.4 Å². The summed E-state index contributed by atoms with van der Waals surface area (Å²) in [6, 6.07) is 0. The Morgan fingerprint density at radius 2 is 2.27 bits per heavy atom. The minimum atomic E-state index is -0.590. The van der Waals surface area contributed by atoms with Crippen molar-refractivity contribution in [2.24, 2.45) is 5.92 Å². The zero-order chi connectivity index (χ0) is 16.2. The molecule has 8 nitrogen and oxygen atoms in total. The molecule has 0 radical (unpaired) electrons. The highest BCUT2D eigenvalue weighted by molar-refractivity contribution is 5.68. The van der Waals surface area contributed by atoms with Gasteiger partial charge in [-0.15, -0.1) is 0 Å². The number of carbonyl (C=O) groups is 1. The third-order valence-electron chi connectivity index (χ3n) is 3.25. The van der Waals surface area contributed by atoms with Crippen LogP contribution in [0.2, 0.25) is 0 Å². The van der Waals surface area contributed by atoms with Crippen LogP contribution in [-0.2, 0) is 16.1 Å². The van der Waals surface area contributed by atoms with E-state index in [-0.39, 0.29) is 18.6 Å². The zero-order valence-corrected chi connectivity index (χ0v) is 13.3. The number of carbonyl (C=O) groups excluding carboxylic acids is 1. The Labute approximate surface area is 128 Å². The maximum atomic E-state index is 12.1. The summed E-state index contributed by atoms with van der Waals surface area (Å²) in [4.78, 5) is 27.0. The summed E-state index contributed by atoms with van der Waals surface area (Å²) < 4.78 is 15.3. The Bertz CT molecular complexity index is 545. The number of nitrogens with one attached hydrogen (secondary N) is 1. The van der Waals surface area contributed by atoms with Gasteiger partial charge in [-0.1, -0.05) is 5.16 Å². The first kappa shape index (κ1) is 16.5. The normalized spacial score (nSPS) is 19.2. The smallest absolute Gasteiger partial charge is 0.438 e. The van der Waals surface area contributed by atoms with Crippen molar-refractivity contribution in [3.05, 3.63) is 16.4 Å². The summed E-state index contributed by atoms with van der Waals surface area (Å²) in [6.07, 6.45) is 1.64. The molecular weight excluding hydrogens is 290 g/mol. The number of likely N-dealkylation sites (tertiary alicyclic amines) is 1. The molecule has 1 fully saturated rings. The van der Waals surface area contributed by atoms with E-state index in [9.17, 15) is 9.59 Å². The molecule has 124 valence electrons. The summed E-state index contributed by atoms with van der Waals surface area (Å²) in [6.45, 7) is 7.57. The number of ether oxygens (including phenoxy) is 2. The Morgan fingerprint density at radius 3 is 2.91 bits per heavy atom. The SMILES string of the molecule is CC(C)(C)OC(=O)N1CCC[C@H](COCc2noc(=O)[nH]2)C1. The first-order valence-corrected chi connectivity index (χ1v) is 7.44. The Morgan fingerprint density at radius 1 is 1.50 bits per heavy atom. The molecule has 1 aliphatic heterocycles. The van der Waals surface area contributed by atoms with E-state index in [2.05, 4.69) is 14.7 Å². The number of aromatic nitrogens is 2. The van der Waals surface area contributed by atoms with Gasteiger partial charge in [0.05, 0.1) is 6.61 Å². The molecule has 0 spiro atoms. The summed E-state index contributed by atoms with van der Waals surface area (Å²) in [7, 11) is 0. The van der Waals surface area contributed by atoms with Gasteiger partial charge in [0, 0.05) is 19.0 Å². The second kappa shape index (κ2) is 6.95. The molecule has 1 atom stereocenters. The molecule has 0 unspecified atom stereocenters. The van der Waals surface area contributed by atoms with Crippen LogP contribution in [0.4, 0.5) is 4.79 Å². The van der Waals surface area contributed by atoms with Crippen molar-refractivity contribution < 1.29 is 18.8 Å². The third-order valence-corrected chi connectivity index (χ3v) is 3.25. The molecule has 1 aromatic heterocycles. The fraction of sp³-hybridized carbons (Fsp3) is 0.786. The van der Waals surface area contributed by atoms with Crippen LogP contribution in [0.1, 0.15) is 39.4 Å². The van der Waals surface area contributed by atoms with Crippen LogP contribution < -0.4 is 5.76 Å². The molecule has 22 heavy (non-hydrogen) atoms. The van der Waals surface area contributed by atoms with Crippen LogP contribution >= 0.6 is 0 Å². The molecular formula is C14H23N3O5. The van der Waals surface area contributed by atoms with Crippen molar-refractivity contribution in [3.8, 4) is 0 Å². The first-order valence-electron chi connectivity index (χ1n) is 7.44. The molecule has 2 rings (SSSR count). The van der Waals surface area contributed by atoms with Gasteiger partial charge >= 0.3 is 11.8 Å². The van der Waals surface area contributed by atoms with Crippen LogP contribution in [-0.4, -0.2) is 46.4 Å². The quantitative estimate of drug-likeness (QED) is 0.905. The lowest BCUT2D eigenvalue weighted by atomic mass is 9.99. The Balaban J connectivity index is 1.75. The molecule has 8 heteroatoms. The maximum Gasteiger partial charge on any atom is 0.438 e. The lowest BCUT2D eigenvalue weighted by molar-refractivity contribution is 0.00529. The zero-order valence-electron chi connectivity index (χ0n) is 13.3. The van der Waals surface area contributed by atoms with Crippen molar-refractivity contribution in [3.63, 3.8) is 0 Å². The molecule has 0 saturated carbocycles. The van der Waals surface area contributed by atoms with Gasteiger partial charge in [0.25, 0.3) is 0 Å². The maximum absolute atomic E-state index is 12.1. The van der Waals surface area contributed by atoms with Crippen molar-refractivity contribution in [2.75, 3.05) is 19.7 Å². The first-order chi connectivity index (χ1) is 10.3. The minimum absolute atomic E-state index is 0.189. The second-order valence-corrected chi connectivity index (χ2v) is 6.49. The van der Waals surface area contributed by atoms with E-state index < -0.39 is 11.4 Å². The average molecular weight is 313 g/mol. The Hall–Kier alpha value is -1.83.